The summed E-state index contributed by atoms with van der Waals surface area (Å²) in [7, 11) is 0. The van der Waals surface area contributed by atoms with Crippen molar-refractivity contribution in [1.29, 1.82) is 0 Å². The van der Waals surface area contributed by atoms with Gasteiger partial charge in [-0.15, -0.1) is 11.8 Å². The van der Waals surface area contributed by atoms with Crippen LogP contribution in [0.2, 0.25) is 0 Å². The molecule has 0 radical (unpaired) electrons. The first kappa shape index (κ1) is 14.0. The van der Waals surface area contributed by atoms with Gasteiger partial charge in [0, 0.05) is 16.7 Å². The normalized spacial score (nSPS) is 17.7. The van der Waals surface area contributed by atoms with Crippen LogP contribution in [0.3, 0.4) is 0 Å². The summed E-state index contributed by atoms with van der Waals surface area (Å²) in [6.07, 6.45) is 4.19. The molecular formula is C17H17NO2S. The molecule has 1 amide bonds. The zero-order chi connectivity index (χ0) is 14.7. The molecular weight excluding hydrogens is 282 g/mol. The van der Waals surface area contributed by atoms with Crippen molar-refractivity contribution in [3.63, 3.8) is 0 Å². The van der Waals surface area contributed by atoms with Gasteiger partial charge in [-0.1, -0.05) is 18.2 Å². The van der Waals surface area contributed by atoms with Gasteiger partial charge in [0.1, 0.15) is 11.5 Å². The van der Waals surface area contributed by atoms with Crippen molar-refractivity contribution >= 4 is 23.7 Å². The van der Waals surface area contributed by atoms with Crippen molar-refractivity contribution in [1.82, 2.24) is 5.32 Å². The number of furan rings is 1. The first-order valence-corrected chi connectivity index (χ1v) is 7.98. The number of thioether (sulfide) groups is 1. The Labute approximate surface area is 128 Å². The fraction of sp³-hybridized carbons (Fsp3) is 0.235. The number of nitrogens with one attached hydrogen (secondary N) is 1. The Morgan fingerprint density at radius 2 is 2.19 bits per heavy atom. The molecule has 2 aromatic rings. The van der Waals surface area contributed by atoms with Crippen molar-refractivity contribution in [3.05, 3.63) is 59.6 Å². The quantitative estimate of drug-likeness (QED) is 0.872. The topological polar surface area (TPSA) is 42.2 Å². The minimum absolute atomic E-state index is 0.0873. The van der Waals surface area contributed by atoms with Crippen LogP contribution in [0.15, 0.2) is 51.8 Å². The molecule has 0 aliphatic carbocycles. The number of carbonyl (C=O) groups is 1. The number of benzene rings is 1. The van der Waals surface area contributed by atoms with E-state index in [9.17, 15) is 4.79 Å². The van der Waals surface area contributed by atoms with Crippen LogP contribution in [0.1, 0.15) is 29.5 Å². The Kier molecular flexibility index (Phi) is 4.15. The molecule has 1 aromatic heterocycles. The zero-order valence-corrected chi connectivity index (χ0v) is 12.7. The highest BCUT2D eigenvalue weighted by Crippen LogP contribution is 2.35. The summed E-state index contributed by atoms with van der Waals surface area (Å²) < 4.78 is 5.41. The predicted octanol–water partition coefficient (Wildman–Crippen LogP) is 3.95. The Morgan fingerprint density at radius 3 is 3.00 bits per heavy atom. The Hall–Kier alpha value is -1.94. The number of hydrogen-bond acceptors (Lipinski definition) is 3. The van der Waals surface area contributed by atoms with Crippen LogP contribution in [-0.2, 0) is 4.79 Å². The van der Waals surface area contributed by atoms with E-state index >= 15 is 0 Å². The molecule has 3 nitrogen and oxygen atoms in total. The van der Waals surface area contributed by atoms with E-state index in [-0.39, 0.29) is 11.9 Å². The third-order valence-electron chi connectivity index (χ3n) is 3.44. The van der Waals surface area contributed by atoms with E-state index in [1.54, 1.807) is 6.08 Å². The molecule has 108 valence electrons. The monoisotopic (exact) mass is 299 g/mol. The van der Waals surface area contributed by atoms with Gasteiger partial charge in [-0.3, -0.25) is 4.79 Å². The van der Waals surface area contributed by atoms with Crippen LogP contribution in [0, 0.1) is 6.92 Å². The van der Waals surface area contributed by atoms with Gasteiger partial charge in [0.05, 0.1) is 6.04 Å². The highest BCUT2D eigenvalue weighted by molar-refractivity contribution is 7.99. The van der Waals surface area contributed by atoms with Crippen molar-refractivity contribution in [2.24, 2.45) is 0 Å². The standard InChI is InChI=1S/C17H17NO2S/c1-12-6-7-13(20-12)8-9-17(19)18-15-10-11-21-16-5-3-2-4-14(15)16/h2-9,15H,10-11H2,1H3,(H,18,19)/b9-8+/t15-/m1/s1. The molecule has 0 saturated carbocycles. The second-order valence-corrected chi connectivity index (χ2v) is 6.15. The molecule has 21 heavy (non-hydrogen) atoms. The maximum Gasteiger partial charge on any atom is 0.244 e. The van der Waals surface area contributed by atoms with E-state index in [4.69, 9.17) is 4.42 Å². The van der Waals surface area contributed by atoms with Gasteiger partial charge in [-0.05, 0) is 43.2 Å². The molecule has 0 bridgehead atoms. The smallest absolute Gasteiger partial charge is 0.244 e. The second kappa shape index (κ2) is 6.22. The van der Waals surface area contributed by atoms with E-state index in [1.807, 2.05) is 43.0 Å². The molecule has 4 heteroatoms. The Balaban J connectivity index is 1.67. The lowest BCUT2D eigenvalue weighted by atomic mass is 10.0. The predicted molar refractivity (Wildman–Crippen MR) is 85.1 cm³/mol. The first-order chi connectivity index (χ1) is 10.2. The summed E-state index contributed by atoms with van der Waals surface area (Å²) in [6.45, 7) is 1.88. The van der Waals surface area contributed by atoms with Crippen LogP contribution >= 0.6 is 11.8 Å². The van der Waals surface area contributed by atoms with Crippen molar-refractivity contribution in [2.45, 2.75) is 24.3 Å². The molecule has 1 N–H and O–H groups in total. The molecule has 0 spiro atoms. The van der Waals surface area contributed by atoms with Gasteiger partial charge < -0.3 is 9.73 Å². The Bertz CT molecular complexity index is 675. The lowest BCUT2D eigenvalue weighted by Gasteiger charge is -2.25. The van der Waals surface area contributed by atoms with Crippen LogP contribution in [0.25, 0.3) is 6.08 Å². The number of aryl methyl sites for hydroxylation is 1. The number of amides is 1. The van der Waals surface area contributed by atoms with E-state index in [2.05, 4.69) is 17.4 Å². The number of hydrogen-bond donors (Lipinski definition) is 1. The molecule has 1 aliphatic rings. The summed E-state index contributed by atoms with van der Waals surface area (Å²) in [4.78, 5) is 13.3. The maximum atomic E-state index is 12.1. The minimum atomic E-state index is -0.0873. The van der Waals surface area contributed by atoms with Crippen molar-refractivity contribution in [2.75, 3.05) is 5.75 Å². The van der Waals surface area contributed by atoms with Gasteiger partial charge in [0.25, 0.3) is 0 Å². The lowest BCUT2D eigenvalue weighted by Crippen LogP contribution is -2.29. The number of rotatable bonds is 3. The number of carbonyl (C=O) groups excluding carboxylic acids is 1. The molecule has 0 saturated heterocycles. The SMILES string of the molecule is Cc1ccc(/C=C/C(=O)N[C@@H]2CCSc3ccccc32)o1. The average Bonchev–Trinajstić information content (AvgIpc) is 2.91. The van der Waals surface area contributed by atoms with Crippen molar-refractivity contribution < 1.29 is 9.21 Å². The van der Waals surface area contributed by atoms with Crippen molar-refractivity contribution in [3.8, 4) is 0 Å². The fourth-order valence-electron chi connectivity index (χ4n) is 2.41. The zero-order valence-electron chi connectivity index (χ0n) is 11.8. The summed E-state index contributed by atoms with van der Waals surface area (Å²) in [5.41, 5.74) is 1.21. The Morgan fingerprint density at radius 1 is 1.33 bits per heavy atom. The van der Waals surface area contributed by atoms with Crippen LogP contribution in [0.5, 0.6) is 0 Å². The molecule has 1 atom stereocenters. The highest BCUT2D eigenvalue weighted by Gasteiger charge is 2.20. The average molecular weight is 299 g/mol. The third-order valence-corrected chi connectivity index (χ3v) is 4.56. The maximum absolute atomic E-state index is 12.1. The van der Waals surface area contributed by atoms with Crippen LogP contribution in [-0.4, -0.2) is 11.7 Å². The summed E-state index contributed by atoms with van der Waals surface area (Å²) >= 11 is 1.85. The second-order valence-electron chi connectivity index (χ2n) is 5.02. The summed E-state index contributed by atoms with van der Waals surface area (Å²) in [6, 6.07) is 12.1. The lowest BCUT2D eigenvalue weighted by molar-refractivity contribution is -0.117. The molecule has 1 aliphatic heterocycles. The fourth-order valence-corrected chi connectivity index (χ4v) is 3.54. The van der Waals surface area contributed by atoms with Gasteiger partial charge >= 0.3 is 0 Å². The van der Waals surface area contributed by atoms with E-state index in [1.165, 1.54) is 16.5 Å². The molecule has 2 heterocycles. The van der Waals surface area contributed by atoms with E-state index < -0.39 is 0 Å². The molecule has 3 rings (SSSR count). The highest BCUT2D eigenvalue weighted by atomic mass is 32.2. The van der Waals surface area contributed by atoms with Gasteiger partial charge in [0.15, 0.2) is 0 Å². The third kappa shape index (κ3) is 3.39. The van der Waals surface area contributed by atoms with Crippen LogP contribution < -0.4 is 5.32 Å². The molecule has 0 fully saturated rings. The first-order valence-electron chi connectivity index (χ1n) is 6.99. The van der Waals surface area contributed by atoms with Gasteiger partial charge in [-0.25, -0.2) is 0 Å². The molecule has 0 unspecified atom stereocenters. The number of fused-ring (bicyclic) bond motifs is 1. The summed E-state index contributed by atoms with van der Waals surface area (Å²) in [5.74, 6) is 2.48. The summed E-state index contributed by atoms with van der Waals surface area (Å²) in [5, 5.41) is 3.07. The largest absolute Gasteiger partial charge is 0.462 e. The van der Waals surface area contributed by atoms with Gasteiger partial charge in [0.2, 0.25) is 5.91 Å². The molecule has 1 aromatic carbocycles. The van der Waals surface area contributed by atoms with Crippen LogP contribution in [0.4, 0.5) is 0 Å². The van der Waals surface area contributed by atoms with E-state index in [0.29, 0.717) is 5.76 Å². The van der Waals surface area contributed by atoms with Gasteiger partial charge in [-0.2, -0.15) is 0 Å². The van der Waals surface area contributed by atoms with E-state index in [0.717, 1.165) is 17.9 Å². The minimum Gasteiger partial charge on any atom is -0.462 e.